The summed E-state index contributed by atoms with van der Waals surface area (Å²) in [5, 5.41) is 8.40. The van der Waals surface area contributed by atoms with Gasteiger partial charge in [-0.2, -0.15) is 10.2 Å². The second kappa shape index (κ2) is 5.93. The Bertz CT molecular complexity index is 674. The van der Waals surface area contributed by atoms with Crippen LogP contribution in [0.25, 0.3) is 11.3 Å². The van der Waals surface area contributed by atoms with Gasteiger partial charge in [0.05, 0.1) is 18.4 Å². The largest absolute Gasteiger partial charge is 0.444 e. The molecule has 0 saturated heterocycles. The number of oxazole rings is 1. The molecule has 0 saturated carbocycles. The van der Waals surface area contributed by atoms with Crippen molar-refractivity contribution in [3.05, 3.63) is 72.8 Å². The lowest BCUT2D eigenvalue weighted by Crippen LogP contribution is -1.77. The van der Waals surface area contributed by atoms with Crippen molar-refractivity contribution < 1.29 is 4.42 Å². The summed E-state index contributed by atoms with van der Waals surface area (Å²) in [6.07, 6.45) is 3.11. The molecule has 4 nitrogen and oxygen atoms in total. The number of hydrogen-bond donors (Lipinski definition) is 0. The lowest BCUT2D eigenvalue weighted by Gasteiger charge is -1.97. The van der Waals surface area contributed by atoms with Gasteiger partial charge in [0.25, 0.3) is 0 Å². The number of aromatic nitrogens is 1. The summed E-state index contributed by atoms with van der Waals surface area (Å²) in [5.74, 6) is 0.748. The Balaban J connectivity index is 1.66. The van der Waals surface area contributed by atoms with Gasteiger partial charge in [-0.25, -0.2) is 4.98 Å². The molecule has 1 aromatic heterocycles. The van der Waals surface area contributed by atoms with Crippen molar-refractivity contribution in [1.29, 1.82) is 0 Å². The average molecular weight is 263 g/mol. The van der Waals surface area contributed by atoms with E-state index in [1.54, 1.807) is 6.20 Å². The maximum absolute atomic E-state index is 5.23. The molecule has 20 heavy (non-hydrogen) atoms. The molecule has 0 fully saturated rings. The molecule has 0 bridgehead atoms. The second-order valence-electron chi connectivity index (χ2n) is 4.30. The van der Waals surface area contributed by atoms with Gasteiger partial charge in [0, 0.05) is 5.56 Å². The first kappa shape index (κ1) is 12.3. The molecule has 2 aromatic carbocycles. The number of benzene rings is 2. The molecule has 3 aromatic rings. The van der Waals surface area contributed by atoms with Crippen molar-refractivity contribution in [2.75, 3.05) is 0 Å². The lowest BCUT2D eigenvalue weighted by atomic mass is 10.2. The summed E-state index contributed by atoms with van der Waals surface area (Å²) in [7, 11) is 0. The molecule has 0 aliphatic carbocycles. The van der Waals surface area contributed by atoms with Crippen molar-refractivity contribution in [1.82, 2.24) is 4.98 Å². The molecular formula is C16H13N3O. The van der Waals surface area contributed by atoms with Crippen LogP contribution in [0, 0.1) is 0 Å². The van der Waals surface area contributed by atoms with Gasteiger partial charge < -0.3 is 4.42 Å². The first-order chi connectivity index (χ1) is 9.92. The Labute approximate surface area is 116 Å². The first-order valence-electron chi connectivity index (χ1n) is 6.32. The van der Waals surface area contributed by atoms with Crippen LogP contribution in [0.4, 0.5) is 5.69 Å². The summed E-state index contributed by atoms with van der Waals surface area (Å²) < 4.78 is 5.23. The van der Waals surface area contributed by atoms with E-state index in [9.17, 15) is 0 Å². The van der Waals surface area contributed by atoms with Crippen LogP contribution in [-0.4, -0.2) is 4.98 Å². The monoisotopic (exact) mass is 263 g/mol. The van der Waals surface area contributed by atoms with Gasteiger partial charge in [0.1, 0.15) is 0 Å². The standard InChI is InChI=1S/C16H13N3O/c1-2-4-13(5-3-1)10-18-19-15-8-6-14(7-9-15)16-11-17-12-20-16/h1-9,11-12H,10H2. The van der Waals surface area contributed by atoms with Crippen LogP contribution < -0.4 is 0 Å². The fourth-order valence-electron chi connectivity index (χ4n) is 1.83. The molecule has 98 valence electrons. The Kier molecular flexibility index (Phi) is 3.64. The molecule has 0 amide bonds. The highest BCUT2D eigenvalue weighted by molar-refractivity contribution is 5.59. The van der Waals surface area contributed by atoms with Gasteiger partial charge in [-0.1, -0.05) is 30.3 Å². The van der Waals surface area contributed by atoms with E-state index in [2.05, 4.69) is 15.2 Å². The van der Waals surface area contributed by atoms with Crippen LogP contribution in [0.5, 0.6) is 0 Å². The summed E-state index contributed by atoms with van der Waals surface area (Å²) >= 11 is 0. The van der Waals surface area contributed by atoms with Crippen LogP contribution >= 0.6 is 0 Å². The van der Waals surface area contributed by atoms with Crippen LogP contribution in [0.1, 0.15) is 5.56 Å². The molecule has 0 unspecified atom stereocenters. The van der Waals surface area contributed by atoms with E-state index in [1.807, 2.05) is 54.6 Å². The number of azo groups is 1. The average Bonchev–Trinajstić information content (AvgIpc) is 3.03. The molecule has 0 N–H and O–H groups in total. The SMILES string of the molecule is c1ccc(CN=Nc2ccc(-c3cnco3)cc2)cc1. The predicted octanol–water partition coefficient (Wildman–Crippen LogP) is 4.63. The maximum Gasteiger partial charge on any atom is 0.181 e. The molecule has 4 heteroatoms. The van der Waals surface area contributed by atoms with E-state index < -0.39 is 0 Å². The van der Waals surface area contributed by atoms with Gasteiger partial charge in [0.2, 0.25) is 0 Å². The van der Waals surface area contributed by atoms with Gasteiger partial charge in [-0.15, -0.1) is 0 Å². The Morgan fingerprint density at radius 1 is 0.950 bits per heavy atom. The van der Waals surface area contributed by atoms with E-state index in [-0.39, 0.29) is 0 Å². The number of rotatable bonds is 4. The first-order valence-corrected chi connectivity index (χ1v) is 6.32. The summed E-state index contributed by atoms with van der Waals surface area (Å²) in [6.45, 7) is 0.588. The van der Waals surface area contributed by atoms with Crippen molar-refractivity contribution in [3.8, 4) is 11.3 Å². The highest BCUT2D eigenvalue weighted by Crippen LogP contribution is 2.22. The molecule has 0 radical (unpaired) electrons. The smallest absolute Gasteiger partial charge is 0.181 e. The van der Waals surface area contributed by atoms with Crippen LogP contribution in [0.2, 0.25) is 0 Å². The normalized spacial score (nSPS) is 11.0. The van der Waals surface area contributed by atoms with Gasteiger partial charge in [-0.3, -0.25) is 0 Å². The van der Waals surface area contributed by atoms with E-state index in [0.29, 0.717) is 6.54 Å². The van der Waals surface area contributed by atoms with Crippen LogP contribution in [0.3, 0.4) is 0 Å². The minimum Gasteiger partial charge on any atom is -0.444 e. The molecule has 0 aliphatic rings. The fraction of sp³-hybridized carbons (Fsp3) is 0.0625. The third kappa shape index (κ3) is 2.98. The third-order valence-electron chi connectivity index (χ3n) is 2.87. The topological polar surface area (TPSA) is 50.8 Å². The Morgan fingerprint density at radius 2 is 1.75 bits per heavy atom. The third-order valence-corrected chi connectivity index (χ3v) is 2.87. The highest BCUT2D eigenvalue weighted by Gasteiger charge is 2.00. The number of nitrogens with zero attached hydrogens (tertiary/aromatic N) is 3. The van der Waals surface area contributed by atoms with Crippen molar-refractivity contribution in [2.24, 2.45) is 10.2 Å². The zero-order chi connectivity index (χ0) is 13.6. The zero-order valence-electron chi connectivity index (χ0n) is 10.8. The summed E-state index contributed by atoms with van der Waals surface area (Å²) in [4.78, 5) is 3.90. The fourth-order valence-corrected chi connectivity index (χ4v) is 1.83. The molecular weight excluding hydrogens is 250 g/mol. The van der Waals surface area contributed by atoms with Gasteiger partial charge in [0.15, 0.2) is 12.2 Å². The minimum atomic E-state index is 0.588. The molecule has 3 rings (SSSR count). The molecule has 0 spiro atoms. The summed E-state index contributed by atoms with van der Waals surface area (Å²) in [6, 6.07) is 17.8. The summed E-state index contributed by atoms with van der Waals surface area (Å²) in [5.41, 5.74) is 2.95. The maximum atomic E-state index is 5.23. The van der Waals surface area contributed by atoms with E-state index in [0.717, 1.165) is 22.6 Å². The van der Waals surface area contributed by atoms with Crippen LogP contribution in [0.15, 0.2) is 81.8 Å². The van der Waals surface area contributed by atoms with Crippen molar-refractivity contribution in [3.63, 3.8) is 0 Å². The van der Waals surface area contributed by atoms with Gasteiger partial charge in [-0.05, 0) is 29.8 Å². The van der Waals surface area contributed by atoms with Crippen molar-refractivity contribution >= 4 is 5.69 Å². The van der Waals surface area contributed by atoms with E-state index >= 15 is 0 Å². The molecule has 0 aliphatic heterocycles. The Morgan fingerprint density at radius 3 is 2.45 bits per heavy atom. The second-order valence-corrected chi connectivity index (χ2v) is 4.30. The predicted molar refractivity (Wildman–Crippen MR) is 76.6 cm³/mol. The van der Waals surface area contributed by atoms with E-state index in [4.69, 9.17) is 4.42 Å². The highest BCUT2D eigenvalue weighted by atomic mass is 16.3. The molecule has 0 atom stereocenters. The number of hydrogen-bond acceptors (Lipinski definition) is 4. The quantitative estimate of drug-likeness (QED) is 0.644. The zero-order valence-corrected chi connectivity index (χ0v) is 10.8. The Hall–Kier alpha value is -2.75. The van der Waals surface area contributed by atoms with Crippen molar-refractivity contribution in [2.45, 2.75) is 6.54 Å². The lowest BCUT2D eigenvalue weighted by molar-refractivity contribution is 0.572. The minimum absolute atomic E-state index is 0.588. The van der Waals surface area contributed by atoms with E-state index in [1.165, 1.54) is 6.39 Å². The van der Waals surface area contributed by atoms with Gasteiger partial charge >= 0.3 is 0 Å². The van der Waals surface area contributed by atoms with Crippen LogP contribution in [-0.2, 0) is 6.54 Å². The molecule has 1 heterocycles.